The Bertz CT molecular complexity index is 646. The molecule has 108 valence electrons. The largest absolute Gasteiger partial charge is 0.388 e. The van der Waals surface area contributed by atoms with Crippen molar-refractivity contribution in [3.63, 3.8) is 0 Å². The van der Waals surface area contributed by atoms with Gasteiger partial charge in [0.2, 0.25) is 0 Å². The van der Waals surface area contributed by atoms with Crippen LogP contribution in [0.4, 0.5) is 0 Å². The monoisotopic (exact) mass is 336 g/mol. The zero-order valence-electron chi connectivity index (χ0n) is 12.7. The molecule has 1 aromatic heterocycles. The summed E-state index contributed by atoms with van der Waals surface area (Å²) in [5.41, 5.74) is 6.58. The lowest BCUT2D eigenvalue weighted by atomic mass is 9.95. The molecule has 0 spiro atoms. The molecule has 0 aliphatic rings. The number of aliphatic hydroxyl groups excluding tert-OH is 1. The topological polar surface area (TPSA) is 38.1 Å². The maximum absolute atomic E-state index is 10.6. The van der Waals surface area contributed by atoms with Gasteiger partial charge in [0.25, 0.3) is 0 Å². The summed E-state index contributed by atoms with van der Waals surface area (Å²) >= 11 is 3.55. The second kappa shape index (κ2) is 5.70. The highest BCUT2D eigenvalue weighted by Crippen LogP contribution is 2.28. The Balaban J connectivity index is 2.33. The molecule has 0 aliphatic heterocycles. The van der Waals surface area contributed by atoms with E-state index in [-0.39, 0.29) is 0 Å². The van der Waals surface area contributed by atoms with Gasteiger partial charge in [-0.25, -0.2) is 0 Å². The number of aryl methyl sites for hydroxylation is 5. The van der Waals surface area contributed by atoms with Gasteiger partial charge in [-0.2, -0.15) is 5.10 Å². The van der Waals surface area contributed by atoms with Crippen LogP contribution in [0.3, 0.4) is 0 Å². The first kappa shape index (κ1) is 15.3. The summed E-state index contributed by atoms with van der Waals surface area (Å²) in [6.07, 6.45) is 0.0433. The third kappa shape index (κ3) is 2.81. The smallest absolute Gasteiger partial charge is 0.0848 e. The molecule has 0 saturated carbocycles. The van der Waals surface area contributed by atoms with Gasteiger partial charge in [0.05, 0.1) is 22.0 Å². The van der Waals surface area contributed by atoms with Crippen molar-refractivity contribution in [2.45, 2.75) is 40.2 Å². The molecule has 1 atom stereocenters. The molecule has 1 aromatic carbocycles. The summed E-state index contributed by atoms with van der Waals surface area (Å²) in [5.74, 6) is 0. The van der Waals surface area contributed by atoms with Gasteiger partial charge in [0.1, 0.15) is 0 Å². The lowest BCUT2D eigenvalue weighted by molar-refractivity contribution is 0.175. The first-order chi connectivity index (χ1) is 9.31. The van der Waals surface area contributed by atoms with Gasteiger partial charge in [-0.05, 0) is 65.9 Å². The molecule has 0 fully saturated rings. The number of rotatable bonds is 3. The second-order valence-electron chi connectivity index (χ2n) is 5.48. The summed E-state index contributed by atoms with van der Waals surface area (Å²) in [4.78, 5) is 0. The van der Waals surface area contributed by atoms with E-state index < -0.39 is 6.10 Å². The van der Waals surface area contributed by atoms with E-state index in [0.717, 1.165) is 27.0 Å². The fourth-order valence-electron chi connectivity index (χ4n) is 2.54. The predicted molar refractivity (Wildman–Crippen MR) is 85.0 cm³/mol. The van der Waals surface area contributed by atoms with Crippen molar-refractivity contribution in [2.75, 3.05) is 0 Å². The number of halogens is 1. The summed E-state index contributed by atoms with van der Waals surface area (Å²) < 4.78 is 2.82. The van der Waals surface area contributed by atoms with Gasteiger partial charge in [0.15, 0.2) is 0 Å². The number of hydrogen-bond acceptors (Lipinski definition) is 2. The molecule has 4 heteroatoms. The molecule has 0 bridgehead atoms. The van der Waals surface area contributed by atoms with Gasteiger partial charge in [0, 0.05) is 13.5 Å². The van der Waals surface area contributed by atoms with E-state index in [9.17, 15) is 5.11 Å². The van der Waals surface area contributed by atoms with Crippen molar-refractivity contribution < 1.29 is 5.11 Å². The molecule has 0 saturated heterocycles. The van der Waals surface area contributed by atoms with Crippen molar-refractivity contribution >= 4 is 15.9 Å². The molecular weight excluding hydrogens is 316 g/mol. The van der Waals surface area contributed by atoms with E-state index in [1.54, 1.807) is 0 Å². The van der Waals surface area contributed by atoms with Gasteiger partial charge in [-0.15, -0.1) is 0 Å². The lowest BCUT2D eigenvalue weighted by Crippen LogP contribution is -2.09. The van der Waals surface area contributed by atoms with Crippen LogP contribution in [-0.4, -0.2) is 14.9 Å². The average Bonchev–Trinajstić information content (AvgIpc) is 2.60. The molecular formula is C16H21BrN2O. The second-order valence-corrected chi connectivity index (χ2v) is 6.28. The van der Waals surface area contributed by atoms with Crippen LogP contribution in [0.15, 0.2) is 16.6 Å². The molecule has 0 aliphatic carbocycles. The van der Waals surface area contributed by atoms with Crippen molar-refractivity contribution in [3.8, 4) is 0 Å². The molecule has 1 N–H and O–H groups in total. The molecule has 0 radical (unpaired) electrons. The minimum absolute atomic E-state index is 0.514. The van der Waals surface area contributed by atoms with E-state index in [1.165, 1.54) is 11.1 Å². The lowest BCUT2D eigenvalue weighted by Gasteiger charge is -2.16. The van der Waals surface area contributed by atoms with Crippen molar-refractivity contribution in [1.29, 1.82) is 0 Å². The van der Waals surface area contributed by atoms with Crippen LogP contribution in [0, 0.1) is 27.7 Å². The molecule has 0 amide bonds. The van der Waals surface area contributed by atoms with E-state index in [4.69, 9.17) is 0 Å². The van der Waals surface area contributed by atoms with Crippen LogP contribution >= 0.6 is 15.9 Å². The number of nitrogens with zero attached hydrogens (tertiary/aromatic N) is 2. The molecule has 2 rings (SSSR count). The van der Waals surface area contributed by atoms with E-state index in [0.29, 0.717) is 6.42 Å². The normalized spacial score (nSPS) is 12.8. The fraction of sp³-hybridized carbons (Fsp3) is 0.438. The number of aliphatic hydroxyl groups is 1. The minimum Gasteiger partial charge on any atom is -0.388 e. The van der Waals surface area contributed by atoms with Crippen LogP contribution in [-0.2, 0) is 13.5 Å². The summed E-state index contributed by atoms with van der Waals surface area (Å²) in [6, 6.07) is 4.23. The average molecular weight is 337 g/mol. The summed E-state index contributed by atoms with van der Waals surface area (Å²) in [7, 11) is 1.91. The zero-order chi connectivity index (χ0) is 15.0. The van der Waals surface area contributed by atoms with Crippen LogP contribution < -0.4 is 0 Å². The Labute approximate surface area is 128 Å². The van der Waals surface area contributed by atoms with Gasteiger partial charge >= 0.3 is 0 Å². The van der Waals surface area contributed by atoms with Crippen molar-refractivity contribution in [2.24, 2.45) is 7.05 Å². The van der Waals surface area contributed by atoms with Gasteiger partial charge < -0.3 is 5.11 Å². The molecule has 1 unspecified atom stereocenters. The Hall–Kier alpha value is -1.13. The third-order valence-corrected chi connectivity index (χ3v) is 4.92. The molecule has 1 heterocycles. The third-order valence-electron chi connectivity index (χ3n) is 3.89. The highest BCUT2D eigenvalue weighted by Gasteiger charge is 2.18. The highest BCUT2D eigenvalue weighted by atomic mass is 79.9. The maximum atomic E-state index is 10.6. The Morgan fingerprint density at radius 1 is 1.15 bits per heavy atom. The number of benzene rings is 1. The van der Waals surface area contributed by atoms with Gasteiger partial charge in [-0.1, -0.05) is 12.1 Å². The molecule has 20 heavy (non-hydrogen) atoms. The number of hydrogen-bond donors (Lipinski definition) is 1. The van der Waals surface area contributed by atoms with Crippen LogP contribution in [0.5, 0.6) is 0 Å². The highest BCUT2D eigenvalue weighted by molar-refractivity contribution is 9.10. The van der Waals surface area contributed by atoms with Crippen molar-refractivity contribution in [1.82, 2.24) is 9.78 Å². The fourth-order valence-corrected chi connectivity index (χ4v) is 3.03. The number of aromatic nitrogens is 2. The van der Waals surface area contributed by atoms with Crippen LogP contribution in [0.25, 0.3) is 0 Å². The quantitative estimate of drug-likeness (QED) is 0.928. The zero-order valence-corrected chi connectivity index (χ0v) is 14.2. The van der Waals surface area contributed by atoms with Gasteiger partial charge in [-0.3, -0.25) is 4.68 Å². The minimum atomic E-state index is -0.514. The molecule has 3 nitrogen and oxygen atoms in total. The standard InChI is InChI=1S/C16H21BrN2O/c1-9-6-11(3)13(7-10(9)2)15(20)8-14-16(17)12(4)18-19(14)5/h6-7,15,20H,8H2,1-5H3. The summed E-state index contributed by atoms with van der Waals surface area (Å²) in [6.45, 7) is 8.18. The first-order valence-electron chi connectivity index (χ1n) is 6.75. The van der Waals surface area contributed by atoms with Crippen molar-refractivity contribution in [3.05, 3.63) is 50.2 Å². The molecule has 2 aromatic rings. The van der Waals surface area contributed by atoms with Crippen LogP contribution in [0.2, 0.25) is 0 Å². The summed E-state index contributed by atoms with van der Waals surface area (Å²) in [5, 5.41) is 14.9. The van der Waals surface area contributed by atoms with E-state index >= 15 is 0 Å². The predicted octanol–water partition coefficient (Wildman–Crippen LogP) is 3.69. The van der Waals surface area contributed by atoms with E-state index in [1.807, 2.05) is 18.7 Å². The Morgan fingerprint density at radius 3 is 2.30 bits per heavy atom. The SMILES string of the molecule is Cc1cc(C)c(C(O)Cc2c(Br)c(C)nn2C)cc1C. The Morgan fingerprint density at radius 2 is 1.75 bits per heavy atom. The van der Waals surface area contributed by atoms with Crippen LogP contribution in [0.1, 0.15) is 39.7 Å². The van der Waals surface area contributed by atoms with E-state index in [2.05, 4.69) is 53.9 Å². The Kier molecular flexibility index (Phi) is 4.35. The maximum Gasteiger partial charge on any atom is 0.0848 e. The first-order valence-corrected chi connectivity index (χ1v) is 7.54.